The van der Waals surface area contributed by atoms with E-state index in [9.17, 15) is 14.7 Å². The van der Waals surface area contributed by atoms with Gasteiger partial charge in [0.15, 0.2) is 5.78 Å². The summed E-state index contributed by atoms with van der Waals surface area (Å²) >= 11 is 0. The number of carbonyl (C=O) groups is 2. The molecule has 0 bridgehead atoms. The van der Waals surface area contributed by atoms with Gasteiger partial charge >= 0.3 is 0 Å². The zero-order valence-corrected chi connectivity index (χ0v) is 16.7. The summed E-state index contributed by atoms with van der Waals surface area (Å²) < 4.78 is 5.38. The molecule has 1 amide bonds. The average Bonchev–Trinajstić information content (AvgIpc) is 3.22. The molecule has 1 N–H and O–H groups in total. The molecule has 0 spiro atoms. The lowest BCUT2D eigenvalue weighted by atomic mass is 10.0. The van der Waals surface area contributed by atoms with Crippen molar-refractivity contribution in [1.82, 2.24) is 4.90 Å². The number of hydrogen-bond donors (Lipinski definition) is 1. The first kappa shape index (κ1) is 20.4. The van der Waals surface area contributed by atoms with E-state index < -0.39 is 0 Å². The molecule has 0 aliphatic rings. The first-order valence-corrected chi connectivity index (χ1v) is 9.61. The van der Waals surface area contributed by atoms with E-state index in [1.165, 1.54) is 0 Å². The zero-order chi connectivity index (χ0) is 20.8. The number of aromatic hydroxyl groups is 1. The molecule has 0 unspecified atom stereocenters. The molecular formula is C24H25NO4. The third-order valence-electron chi connectivity index (χ3n) is 5.03. The van der Waals surface area contributed by atoms with Crippen LogP contribution < -0.4 is 0 Å². The number of rotatable bonds is 8. The Kier molecular flexibility index (Phi) is 6.50. The number of carbonyl (C=O) groups excluding carboxylic acids is 2. The van der Waals surface area contributed by atoms with Crippen LogP contribution in [0.5, 0.6) is 5.75 Å². The first-order chi connectivity index (χ1) is 13.9. The molecule has 1 heterocycles. The molecule has 0 fully saturated rings. The van der Waals surface area contributed by atoms with Crippen molar-refractivity contribution in [3.63, 3.8) is 0 Å². The molecular weight excluding hydrogens is 366 g/mol. The van der Waals surface area contributed by atoms with Crippen LogP contribution in [-0.2, 0) is 17.9 Å². The van der Waals surface area contributed by atoms with Gasteiger partial charge < -0.3 is 14.4 Å². The predicted molar refractivity (Wildman–Crippen MR) is 111 cm³/mol. The Morgan fingerprint density at radius 1 is 0.931 bits per heavy atom. The molecule has 1 aromatic heterocycles. The molecule has 0 aliphatic carbocycles. The van der Waals surface area contributed by atoms with E-state index in [1.807, 2.05) is 32.0 Å². The van der Waals surface area contributed by atoms with Crippen molar-refractivity contribution in [1.29, 1.82) is 0 Å². The summed E-state index contributed by atoms with van der Waals surface area (Å²) in [6.45, 7) is 4.48. The summed E-state index contributed by atoms with van der Waals surface area (Å²) in [5, 5.41) is 10.1. The van der Waals surface area contributed by atoms with E-state index in [4.69, 9.17) is 4.42 Å². The smallest absolute Gasteiger partial charge is 0.223 e. The molecule has 5 nitrogen and oxygen atoms in total. The topological polar surface area (TPSA) is 70.8 Å². The van der Waals surface area contributed by atoms with E-state index in [1.54, 1.807) is 47.6 Å². The molecule has 2 aromatic carbocycles. The minimum atomic E-state index is -0.165. The van der Waals surface area contributed by atoms with Gasteiger partial charge in [0.25, 0.3) is 0 Å². The number of furan rings is 1. The van der Waals surface area contributed by atoms with Gasteiger partial charge in [-0.05, 0) is 49.2 Å². The Labute approximate surface area is 170 Å². The summed E-state index contributed by atoms with van der Waals surface area (Å²) in [6.07, 6.45) is 1.79. The number of ketones is 1. The van der Waals surface area contributed by atoms with E-state index in [2.05, 4.69) is 0 Å². The summed E-state index contributed by atoms with van der Waals surface area (Å²) in [4.78, 5) is 27.0. The largest absolute Gasteiger partial charge is 0.508 e. The van der Waals surface area contributed by atoms with Crippen LogP contribution in [0.3, 0.4) is 0 Å². The number of phenolic OH excluding ortho intramolecular Hbond substituents is 1. The summed E-state index contributed by atoms with van der Waals surface area (Å²) in [6, 6.07) is 16.1. The van der Waals surface area contributed by atoms with Gasteiger partial charge in [0.1, 0.15) is 11.5 Å². The summed E-state index contributed by atoms with van der Waals surface area (Å²) in [7, 11) is 0. The lowest BCUT2D eigenvalue weighted by molar-refractivity contribution is -0.132. The molecule has 29 heavy (non-hydrogen) atoms. The van der Waals surface area contributed by atoms with Crippen LogP contribution in [0.4, 0.5) is 0 Å². The molecule has 0 saturated carbocycles. The van der Waals surface area contributed by atoms with E-state index in [0.29, 0.717) is 16.9 Å². The highest BCUT2D eigenvalue weighted by Gasteiger charge is 2.19. The maximum Gasteiger partial charge on any atom is 0.223 e. The molecule has 0 atom stereocenters. The number of amides is 1. The number of phenols is 1. The molecule has 3 aromatic rings. The maximum absolute atomic E-state index is 12.9. The van der Waals surface area contributed by atoms with Gasteiger partial charge in [-0.2, -0.15) is 0 Å². The fourth-order valence-corrected chi connectivity index (χ4v) is 3.11. The van der Waals surface area contributed by atoms with Gasteiger partial charge in [-0.1, -0.05) is 30.3 Å². The lowest BCUT2D eigenvalue weighted by Crippen LogP contribution is -2.30. The monoisotopic (exact) mass is 391 g/mol. The second-order valence-corrected chi connectivity index (χ2v) is 7.18. The minimum Gasteiger partial charge on any atom is -0.508 e. The van der Waals surface area contributed by atoms with Gasteiger partial charge in [0.2, 0.25) is 5.91 Å². The average molecular weight is 391 g/mol. The fraction of sp³-hybridized carbons (Fsp3) is 0.250. The van der Waals surface area contributed by atoms with Crippen LogP contribution in [-0.4, -0.2) is 21.7 Å². The van der Waals surface area contributed by atoms with Crippen molar-refractivity contribution < 1.29 is 19.1 Å². The highest BCUT2D eigenvalue weighted by Crippen LogP contribution is 2.20. The second kappa shape index (κ2) is 9.24. The SMILES string of the molecule is Cc1ccc(C(=O)CCC(=O)N(Cc2ccco2)Cc2ccccc2O)cc1C. The standard InChI is InChI=1S/C24H25NO4/c1-17-9-10-19(14-18(17)2)23(27)11-12-24(28)25(16-21-7-5-13-29-21)15-20-6-3-4-8-22(20)26/h3-10,13-14,26H,11-12,15-16H2,1-2H3. The zero-order valence-electron chi connectivity index (χ0n) is 16.7. The Bertz CT molecular complexity index is 992. The van der Waals surface area contributed by atoms with E-state index in [0.717, 1.165) is 11.1 Å². The minimum absolute atomic E-state index is 0.0537. The van der Waals surface area contributed by atoms with Crippen LogP contribution in [0.25, 0.3) is 0 Å². The number of Topliss-reactive ketones (excluding diaryl/α,β-unsaturated/α-hetero) is 1. The quantitative estimate of drug-likeness (QED) is 0.560. The van der Waals surface area contributed by atoms with Gasteiger partial charge in [0, 0.05) is 30.5 Å². The maximum atomic E-state index is 12.9. The molecule has 5 heteroatoms. The van der Waals surface area contributed by atoms with Crippen molar-refractivity contribution in [3.05, 3.63) is 88.9 Å². The van der Waals surface area contributed by atoms with E-state index >= 15 is 0 Å². The number of para-hydroxylation sites is 1. The number of aryl methyl sites for hydroxylation is 2. The Morgan fingerprint density at radius 2 is 1.72 bits per heavy atom. The second-order valence-electron chi connectivity index (χ2n) is 7.18. The number of benzene rings is 2. The number of hydrogen-bond acceptors (Lipinski definition) is 4. The summed E-state index contributed by atoms with van der Waals surface area (Å²) in [5.41, 5.74) is 3.46. The Balaban J connectivity index is 1.69. The van der Waals surface area contributed by atoms with Crippen LogP contribution in [0, 0.1) is 13.8 Å². The van der Waals surface area contributed by atoms with E-state index in [-0.39, 0.29) is 43.4 Å². The lowest BCUT2D eigenvalue weighted by Gasteiger charge is -2.22. The third-order valence-corrected chi connectivity index (χ3v) is 5.03. The molecule has 150 valence electrons. The van der Waals surface area contributed by atoms with Crippen molar-refractivity contribution >= 4 is 11.7 Å². The molecule has 0 aliphatic heterocycles. The van der Waals surface area contributed by atoms with Crippen molar-refractivity contribution in [3.8, 4) is 5.75 Å². The normalized spacial score (nSPS) is 10.7. The number of nitrogens with zero attached hydrogens (tertiary/aromatic N) is 1. The Hall–Kier alpha value is -3.34. The van der Waals surface area contributed by atoms with Crippen LogP contribution in [0.2, 0.25) is 0 Å². The van der Waals surface area contributed by atoms with Crippen molar-refractivity contribution in [2.24, 2.45) is 0 Å². The van der Waals surface area contributed by atoms with Gasteiger partial charge in [-0.15, -0.1) is 0 Å². The Morgan fingerprint density at radius 3 is 2.41 bits per heavy atom. The van der Waals surface area contributed by atoms with Gasteiger partial charge in [-0.25, -0.2) is 0 Å². The van der Waals surface area contributed by atoms with Gasteiger partial charge in [-0.3, -0.25) is 9.59 Å². The molecule has 3 rings (SSSR count). The van der Waals surface area contributed by atoms with Crippen LogP contribution in [0.1, 0.15) is 45.7 Å². The van der Waals surface area contributed by atoms with Crippen LogP contribution in [0.15, 0.2) is 65.3 Å². The fourth-order valence-electron chi connectivity index (χ4n) is 3.11. The predicted octanol–water partition coefficient (Wildman–Crippen LogP) is 4.79. The molecule has 0 radical (unpaired) electrons. The van der Waals surface area contributed by atoms with Crippen LogP contribution >= 0.6 is 0 Å². The van der Waals surface area contributed by atoms with Gasteiger partial charge in [0.05, 0.1) is 12.8 Å². The van der Waals surface area contributed by atoms with Crippen molar-refractivity contribution in [2.45, 2.75) is 39.8 Å². The van der Waals surface area contributed by atoms with Crippen molar-refractivity contribution in [2.75, 3.05) is 0 Å². The molecule has 0 saturated heterocycles. The first-order valence-electron chi connectivity index (χ1n) is 9.61. The highest BCUT2D eigenvalue weighted by atomic mass is 16.3. The third kappa shape index (κ3) is 5.35. The highest BCUT2D eigenvalue weighted by molar-refractivity contribution is 5.98. The summed E-state index contributed by atoms with van der Waals surface area (Å²) in [5.74, 6) is 0.564.